The minimum absolute atomic E-state index is 0.0444. The molecule has 0 bridgehead atoms. The largest absolute Gasteiger partial charge is 0.471 e. The van der Waals surface area contributed by atoms with Gasteiger partial charge in [0, 0.05) is 12.4 Å². The van der Waals surface area contributed by atoms with E-state index >= 15 is 0 Å². The zero-order chi connectivity index (χ0) is 15.9. The molecule has 4 N–H and O–H groups in total. The molecule has 122 valence electrons. The molecule has 2 unspecified atom stereocenters. The van der Waals surface area contributed by atoms with Gasteiger partial charge < -0.3 is 24.1 Å². The van der Waals surface area contributed by atoms with Crippen molar-refractivity contribution < 1.29 is 46.8 Å². The fourth-order valence-corrected chi connectivity index (χ4v) is 3.81. The van der Waals surface area contributed by atoms with Gasteiger partial charge in [-0.2, -0.15) is 0 Å². The van der Waals surface area contributed by atoms with Gasteiger partial charge in [0.15, 0.2) is 6.79 Å². The first kappa shape index (κ1) is 20.8. The Morgan fingerprint density at radius 3 is 2.05 bits per heavy atom. The Morgan fingerprint density at radius 1 is 0.950 bits per heavy atom. The zero-order valence-electron chi connectivity index (χ0n) is 10.5. The molecule has 0 aliphatic rings. The minimum Gasteiger partial charge on any atom is -0.324 e. The monoisotopic (exact) mass is 374 g/mol. The number of phosphoric acid groups is 1. The van der Waals surface area contributed by atoms with Crippen LogP contribution in [0.15, 0.2) is 0 Å². The van der Waals surface area contributed by atoms with E-state index in [1.807, 2.05) is 0 Å². The van der Waals surface area contributed by atoms with Gasteiger partial charge in [-0.15, -0.1) is 0 Å². The fourth-order valence-electron chi connectivity index (χ4n) is 0.814. The van der Waals surface area contributed by atoms with Crippen LogP contribution in [0.3, 0.4) is 0 Å². The zero-order valence-corrected chi connectivity index (χ0v) is 14.0. The lowest BCUT2D eigenvalue weighted by Crippen LogP contribution is -1.96. The average Bonchev–Trinajstić information content (AvgIpc) is 2.19. The van der Waals surface area contributed by atoms with Crippen LogP contribution in [0.4, 0.5) is 0 Å². The molecule has 0 saturated carbocycles. The van der Waals surface area contributed by atoms with Gasteiger partial charge in [0.05, 0.1) is 6.61 Å². The van der Waals surface area contributed by atoms with Crippen molar-refractivity contribution in [1.82, 2.24) is 0 Å². The lowest BCUT2D eigenvalue weighted by Gasteiger charge is -2.12. The highest BCUT2D eigenvalue weighted by molar-refractivity contribution is 8.54. The van der Waals surface area contributed by atoms with E-state index < -0.39 is 29.0 Å². The van der Waals surface area contributed by atoms with Gasteiger partial charge >= 0.3 is 22.2 Å². The van der Waals surface area contributed by atoms with Crippen LogP contribution in [0.25, 0.3) is 0 Å². The van der Waals surface area contributed by atoms with E-state index in [0.29, 0.717) is 24.2 Å². The van der Waals surface area contributed by atoms with Crippen molar-refractivity contribution in [2.75, 3.05) is 25.8 Å². The summed E-state index contributed by atoms with van der Waals surface area (Å²) in [6, 6.07) is 0. The molecule has 0 aromatic heterocycles. The van der Waals surface area contributed by atoms with Crippen LogP contribution < -0.4 is 0 Å². The number of hydrogen-bond acceptors (Lipinski definition) is 7. The maximum Gasteiger partial charge on any atom is 0.471 e. The van der Waals surface area contributed by atoms with E-state index in [-0.39, 0.29) is 12.4 Å². The summed E-state index contributed by atoms with van der Waals surface area (Å²) in [7, 11) is -8.25. The van der Waals surface area contributed by atoms with Crippen molar-refractivity contribution in [1.29, 1.82) is 0 Å². The first-order chi connectivity index (χ1) is 8.91. The summed E-state index contributed by atoms with van der Waals surface area (Å²) >= 11 is 0.556. The average molecular weight is 374 g/mol. The lowest BCUT2D eigenvalue weighted by molar-refractivity contribution is 0.0787. The van der Waals surface area contributed by atoms with Gasteiger partial charge in [-0.1, -0.05) is 0 Å². The maximum atomic E-state index is 11.3. The second kappa shape index (κ2) is 9.02. The Labute approximate surface area is 119 Å². The molecular formula is C6H17O10P3S. The van der Waals surface area contributed by atoms with E-state index in [1.54, 1.807) is 0 Å². The van der Waals surface area contributed by atoms with E-state index in [1.165, 1.54) is 0 Å². The van der Waals surface area contributed by atoms with Gasteiger partial charge in [0.25, 0.3) is 0 Å². The third-order valence-corrected chi connectivity index (χ3v) is 5.74. The second-order valence-electron chi connectivity index (χ2n) is 3.51. The Hall–Kier alpha value is 0.760. The summed E-state index contributed by atoms with van der Waals surface area (Å²) in [6.45, 7) is -3.96. The van der Waals surface area contributed by atoms with Crippen LogP contribution in [0.2, 0.25) is 0 Å². The van der Waals surface area contributed by atoms with E-state index in [4.69, 9.17) is 14.7 Å². The molecule has 0 rings (SSSR count). The lowest BCUT2D eigenvalue weighted by atomic mass is 10.4. The second-order valence-corrected chi connectivity index (χ2v) is 10.6. The number of hydrogen-bond donors (Lipinski definition) is 4. The molecule has 0 spiro atoms. The summed E-state index contributed by atoms with van der Waals surface area (Å²) in [5.41, 5.74) is 0. The van der Waals surface area contributed by atoms with Gasteiger partial charge in [0.1, 0.15) is 0 Å². The fraction of sp³-hybridized carbons (Fsp3) is 1.00. The van der Waals surface area contributed by atoms with Crippen molar-refractivity contribution in [2.24, 2.45) is 0 Å². The molecule has 0 saturated heterocycles. The number of unbranched alkanes of at least 4 members (excludes halogenated alkanes) is 1. The van der Waals surface area contributed by atoms with Crippen LogP contribution in [0, 0.1) is 0 Å². The molecule has 0 fully saturated rings. The van der Waals surface area contributed by atoms with Crippen LogP contribution in [0.1, 0.15) is 12.8 Å². The van der Waals surface area contributed by atoms with Crippen molar-refractivity contribution in [3.8, 4) is 0 Å². The minimum atomic E-state index is -4.74. The topological polar surface area (TPSA) is 160 Å². The molecular weight excluding hydrogens is 357 g/mol. The Bertz CT molecular complexity index is 415. The molecule has 20 heavy (non-hydrogen) atoms. The summed E-state index contributed by atoms with van der Waals surface area (Å²) in [5, 5.41) is 0. The molecule has 10 nitrogen and oxygen atoms in total. The molecule has 0 aliphatic carbocycles. The SMILES string of the molecule is CP(=O)(O)OCCCCSP(=O)(O)OCOP(=O)(O)O. The summed E-state index contributed by atoms with van der Waals surface area (Å²) in [6.07, 6.45) is 0.836. The molecule has 14 heteroatoms. The van der Waals surface area contributed by atoms with Gasteiger partial charge in [-0.3, -0.25) is 13.6 Å². The Balaban J connectivity index is 3.70. The number of rotatable bonds is 11. The molecule has 0 aliphatic heterocycles. The summed E-state index contributed by atoms with van der Waals surface area (Å²) in [5.74, 6) is 0.201. The molecule has 0 heterocycles. The highest BCUT2D eigenvalue weighted by Crippen LogP contribution is 2.56. The van der Waals surface area contributed by atoms with E-state index in [0.717, 1.165) is 6.66 Å². The summed E-state index contributed by atoms with van der Waals surface area (Å²) in [4.78, 5) is 34.7. The van der Waals surface area contributed by atoms with Crippen molar-refractivity contribution in [2.45, 2.75) is 12.8 Å². The maximum absolute atomic E-state index is 11.3. The van der Waals surface area contributed by atoms with Crippen molar-refractivity contribution in [3.63, 3.8) is 0 Å². The molecule has 0 aromatic rings. The summed E-state index contributed by atoms with van der Waals surface area (Å²) < 4.78 is 45.2. The van der Waals surface area contributed by atoms with Crippen LogP contribution in [-0.2, 0) is 27.3 Å². The highest BCUT2D eigenvalue weighted by atomic mass is 32.7. The van der Waals surface area contributed by atoms with E-state index in [9.17, 15) is 18.6 Å². The highest BCUT2D eigenvalue weighted by Gasteiger charge is 2.22. The molecule has 2 atom stereocenters. The van der Waals surface area contributed by atoms with Crippen molar-refractivity contribution in [3.05, 3.63) is 0 Å². The molecule has 0 aromatic carbocycles. The predicted molar refractivity (Wildman–Crippen MR) is 72.3 cm³/mol. The van der Waals surface area contributed by atoms with Gasteiger partial charge in [-0.25, -0.2) is 9.13 Å². The smallest absolute Gasteiger partial charge is 0.324 e. The first-order valence-electron chi connectivity index (χ1n) is 5.18. The van der Waals surface area contributed by atoms with Gasteiger partial charge in [-0.05, 0) is 24.2 Å². The predicted octanol–water partition coefficient (Wildman–Crippen LogP) is 1.52. The standard InChI is InChI=1S/C6H17O10P3S/c1-17(7,8)14-4-2-3-5-20-19(12,13)16-6-15-18(9,10)11/h2-6H2,1H3,(H,7,8)(H,12,13)(H2,9,10,11). The Morgan fingerprint density at radius 2 is 1.55 bits per heavy atom. The van der Waals surface area contributed by atoms with E-state index in [2.05, 4.69) is 13.6 Å². The van der Waals surface area contributed by atoms with Gasteiger partial charge in [0.2, 0.25) is 0 Å². The quantitative estimate of drug-likeness (QED) is 0.236. The third-order valence-electron chi connectivity index (χ3n) is 1.56. The number of phosphoric ester groups is 1. The molecule has 0 amide bonds. The third kappa shape index (κ3) is 15.2. The Kier molecular flexibility index (Phi) is 9.37. The normalized spacial score (nSPS) is 18.4. The van der Waals surface area contributed by atoms with Crippen LogP contribution in [-0.4, -0.2) is 45.4 Å². The van der Waals surface area contributed by atoms with Crippen LogP contribution in [0.5, 0.6) is 0 Å². The van der Waals surface area contributed by atoms with Crippen molar-refractivity contribution >= 4 is 33.6 Å². The molecule has 0 radical (unpaired) electrons. The van der Waals surface area contributed by atoms with Crippen LogP contribution >= 0.6 is 33.6 Å². The first-order valence-corrected chi connectivity index (χ1v) is 11.9.